The monoisotopic (exact) mass is 576 g/mol. The van der Waals surface area contributed by atoms with Crippen molar-refractivity contribution in [3.8, 4) is 11.5 Å². The standard InChI is InChI=1S/C29H34F2N2O6S/c1-33(2,8-9-34)7-4-10-39-24-13-22-25(14-23(24)38-3)40-27(32-22)6-5-26(35)29(17-28(36)37)15-18-11-20(30)21(31)12-19(18)16-29/h11-14,34H,4-10,15-17H2,1-3H3. The zero-order valence-electron chi connectivity index (χ0n) is 22.9. The number of carbonyl (C=O) groups is 2. The van der Waals surface area contributed by atoms with Crippen molar-refractivity contribution in [2.24, 2.45) is 5.41 Å². The van der Waals surface area contributed by atoms with Crippen LogP contribution < -0.4 is 14.6 Å². The number of methoxy groups -OCH3 is 1. The Balaban J connectivity index is 1.44. The van der Waals surface area contributed by atoms with E-state index in [-0.39, 0.29) is 31.7 Å². The molecule has 2 aromatic carbocycles. The fraction of sp³-hybridized carbons (Fsp3) is 0.483. The SMILES string of the molecule is COc1cc2sc(CCC(=O)C3(CC(=O)[O-])Cc4cc(F)c(F)cc4C3)nc2cc1OCCC[N+](C)(C)CCO. The minimum atomic E-state index is -1.38. The van der Waals surface area contributed by atoms with Crippen molar-refractivity contribution in [3.63, 3.8) is 0 Å². The Bertz CT molecular complexity index is 1380. The number of likely N-dealkylation sites (N-methyl/N-ethyl adjacent to an activating group) is 1. The van der Waals surface area contributed by atoms with Crippen LogP contribution >= 0.6 is 11.3 Å². The van der Waals surface area contributed by atoms with Crippen LogP contribution in [0.5, 0.6) is 11.5 Å². The maximum absolute atomic E-state index is 13.8. The molecule has 0 atom stereocenters. The molecule has 0 bridgehead atoms. The minimum Gasteiger partial charge on any atom is -0.550 e. The second kappa shape index (κ2) is 12.2. The summed E-state index contributed by atoms with van der Waals surface area (Å²) in [4.78, 5) is 29.6. The number of carbonyl (C=O) groups excluding carboxylic acids is 2. The van der Waals surface area contributed by atoms with Gasteiger partial charge in [0.25, 0.3) is 0 Å². The number of fused-ring (bicyclic) bond motifs is 2. The summed E-state index contributed by atoms with van der Waals surface area (Å²) in [5.41, 5.74) is 0.295. The quantitative estimate of drug-likeness (QED) is 0.232. The van der Waals surface area contributed by atoms with Crippen molar-refractivity contribution >= 4 is 33.3 Å². The molecule has 216 valence electrons. The van der Waals surface area contributed by atoms with E-state index in [0.717, 1.165) is 29.8 Å². The van der Waals surface area contributed by atoms with E-state index in [1.165, 1.54) is 11.3 Å². The molecule has 0 unspecified atom stereocenters. The molecule has 0 saturated heterocycles. The number of rotatable bonds is 14. The maximum atomic E-state index is 13.8. The fourth-order valence-corrected chi connectivity index (χ4v) is 6.33. The largest absolute Gasteiger partial charge is 0.550 e. The van der Waals surface area contributed by atoms with Crippen LogP contribution in [0.1, 0.15) is 35.4 Å². The first-order valence-corrected chi connectivity index (χ1v) is 14.0. The number of aryl methyl sites for hydroxylation is 1. The summed E-state index contributed by atoms with van der Waals surface area (Å²) in [6, 6.07) is 5.74. The molecule has 1 heterocycles. The fourth-order valence-electron chi connectivity index (χ4n) is 5.35. The molecule has 0 saturated carbocycles. The third kappa shape index (κ3) is 6.76. The number of nitrogens with zero attached hydrogens (tertiary/aromatic N) is 2. The number of hydrogen-bond acceptors (Lipinski definition) is 8. The molecular weight excluding hydrogens is 542 g/mol. The number of halogens is 2. The molecule has 0 amide bonds. The van der Waals surface area contributed by atoms with Crippen molar-refractivity contribution in [1.82, 2.24) is 4.98 Å². The molecule has 0 fully saturated rings. The Morgan fingerprint density at radius 1 is 1.10 bits per heavy atom. The number of quaternary nitrogens is 1. The van der Waals surface area contributed by atoms with Crippen molar-refractivity contribution in [2.75, 3.05) is 47.5 Å². The zero-order valence-corrected chi connectivity index (χ0v) is 23.7. The molecule has 0 aliphatic heterocycles. The Morgan fingerprint density at radius 3 is 2.38 bits per heavy atom. The number of carboxylic acid groups (broad SMARTS) is 1. The molecule has 3 aromatic rings. The summed E-state index contributed by atoms with van der Waals surface area (Å²) < 4.78 is 40.6. The number of aliphatic hydroxyl groups excluding tert-OH is 1. The average Bonchev–Trinajstić information content (AvgIpc) is 3.44. The summed E-state index contributed by atoms with van der Waals surface area (Å²) >= 11 is 1.41. The normalized spacial score (nSPS) is 14.3. The van der Waals surface area contributed by atoms with Gasteiger partial charge in [-0.2, -0.15) is 0 Å². The third-order valence-electron chi connectivity index (χ3n) is 7.53. The summed E-state index contributed by atoms with van der Waals surface area (Å²) in [6.07, 6.45) is 0.657. The van der Waals surface area contributed by atoms with Gasteiger partial charge in [-0.15, -0.1) is 11.3 Å². The smallest absolute Gasteiger partial charge is 0.163 e. The van der Waals surface area contributed by atoms with E-state index < -0.39 is 29.4 Å². The van der Waals surface area contributed by atoms with Gasteiger partial charge < -0.3 is 29.0 Å². The van der Waals surface area contributed by atoms with Crippen molar-refractivity contribution < 1.29 is 42.5 Å². The highest BCUT2D eigenvalue weighted by Crippen LogP contribution is 2.42. The number of thiazole rings is 1. The number of aliphatic carboxylic acids is 1. The lowest BCUT2D eigenvalue weighted by Crippen LogP contribution is -2.43. The summed E-state index contributed by atoms with van der Waals surface area (Å²) in [5, 5.41) is 21.4. The summed E-state index contributed by atoms with van der Waals surface area (Å²) in [5.74, 6) is -2.58. The van der Waals surface area contributed by atoms with Gasteiger partial charge in [0.15, 0.2) is 23.1 Å². The van der Waals surface area contributed by atoms with Crippen molar-refractivity contribution in [2.45, 2.75) is 38.5 Å². The number of aromatic nitrogens is 1. The topological polar surface area (TPSA) is 109 Å². The predicted octanol–water partition coefficient (Wildman–Crippen LogP) is 2.85. The number of Topliss-reactive ketones (excluding diaryl/α,β-unsaturated/α-hetero) is 1. The Morgan fingerprint density at radius 2 is 1.77 bits per heavy atom. The number of hydrogen-bond donors (Lipinski definition) is 1. The molecule has 4 rings (SSSR count). The van der Waals surface area contributed by atoms with E-state index in [1.807, 2.05) is 6.07 Å². The predicted molar refractivity (Wildman–Crippen MR) is 144 cm³/mol. The molecule has 0 radical (unpaired) electrons. The molecule has 1 N–H and O–H groups in total. The molecule has 40 heavy (non-hydrogen) atoms. The highest BCUT2D eigenvalue weighted by molar-refractivity contribution is 7.18. The first-order valence-electron chi connectivity index (χ1n) is 13.2. The van der Waals surface area contributed by atoms with Crippen LogP contribution in [0.2, 0.25) is 0 Å². The van der Waals surface area contributed by atoms with E-state index in [2.05, 4.69) is 19.1 Å². The lowest BCUT2D eigenvalue weighted by molar-refractivity contribution is -0.890. The lowest BCUT2D eigenvalue weighted by Gasteiger charge is -2.28. The molecule has 1 aliphatic rings. The van der Waals surface area contributed by atoms with Gasteiger partial charge >= 0.3 is 0 Å². The van der Waals surface area contributed by atoms with Crippen LogP contribution in [-0.4, -0.2) is 73.8 Å². The van der Waals surface area contributed by atoms with E-state index in [9.17, 15) is 28.6 Å². The average molecular weight is 577 g/mol. The number of ketones is 1. The highest BCUT2D eigenvalue weighted by Gasteiger charge is 2.43. The first-order chi connectivity index (χ1) is 18.9. The molecular formula is C29H34F2N2O6S. The van der Waals surface area contributed by atoms with E-state index in [4.69, 9.17) is 9.47 Å². The molecule has 11 heteroatoms. The minimum absolute atomic E-state index is 0.0279. The van der Waals surface area contributed by atoms with Gasteiger partial charge in [-0.25, -0.2) is 13.8 Å². The van der Waals surface area contributed by atoms with Gasteiger partial charge in [0.1, 0.15) is 12.3 Å². The lowest BCUT2D eigenvalue weighted by atomic mass is 9.76. The number of benzene rings is 2. The van der Waals surface area contributed by atoms with Gasteiger partial charge in [-0.3, -0.25) is 4.79 Å². The molecule has 0 spiro atoms. The van der Waals surface area contributed by atoms with Crippen molar-refractivity contribution in [1.29, 1.82) is 0 Å². The van der Waals surface area contributed by atoms with Crippen LogP contribution in [-0.2, 0) is 28.9 Å². The zero-order chi connectivity index (χ0) is 29.1. The second-order valence-electron chi connectivity index (χ2n) is 11.0. The van der Waals surface area contributed by atoms with Crippen molar-refractivity contribution in [3.05, 3.63) is 52.0 Å². The summed E-state index contributed by atoms with van der Waals surface area (Å²) in [7, 11) is 5.66. The van der Waals surface area contributed by atoms with Crippen LogP contribution in [0.3, 0.4) is 0 Å². The van der Waals surface area contributed by atoms with Crippen LogP contribution in [0.15, 0.2) is 24.3 Å². The third-order valence-corrected chi connectivity index (χ3v) is 8.61. The Kier molecular flexibility index (Phi) is 9.06. The first kappa shape index (κ1) is 29.8. The van der Waals surface area contributed by atoms with Crippen LogP contribution in [0, 0.1) is 17.0 Å². The van der Waals surface area contributed by atoms with Gasteiger partial charge in [0, 0.05) is 49.2 Å². The van der Waals surface area contributed by atoms with E-state index >= 15 is 0 Å². The number of aliphatic hydroxyl groups is 1. The maximum Gasteiger partial charge on any atom is 0.163 e. The Hall–Kier alpha value is -3.15. The van der Waals surface area contributed by atoms with E-state index in [0.29, 0.717) is 57.2 Å². The van der Waals surface area contributed by atoms with Crippen LogP contribution in [0.25, 0.3) is 10.2 Å². The van der Waals surface area contributed by atoms with E-state index in [1.54, 1.807) is 13.2 Å². The number of carboxylic acids is 1. The van der Waals surface area contributed by atoms with Gasteiger partial charge in [-0.05, 0) is 36.1 Å². The van der Waals surface area contributed by atoms with Gasteiger partial charge in [0.2, 0.25) is 0 Å². The van der Waals surface area contributed by atoms with Crippen LogP contribution in [0.4, 0.5) is 8.78 Å². The number of ether oxygens (including phenoxy) is 2. The summed E-state index contributed by atoms with van der Waals surface area (Å²) in [6.45, 7) is 2.10. The van der Waals surface area contributed by atoms with Gasteiger partial charge in [0.05, 0.1) is 56.2 Å². The highest BCUT2D eigenvalue weighted by atomic mass is 32.1. The van der Waals surface area contributed by atoms with Gasteiger partial charge in [-0.1, -0.05) is 0 Å². The molecule has 1 aromatic heterocycles. The second-order valence-corrected chi connectivity index (χ2v) is 12.1. The molecule has 8 nitrogen and oxygen atoms in total. The Labute approximate surface area is 235 Å². The molecule has 1 aliphatic carbocycles.